The van der Waals surface area contributed by atoms with Gasteiger partial charge < -0.3 is 15.3 Å². The molecule has 1 aliphatic rings. The molecule has 0 radical (unpaired) electrons. The van der Waals surface area contributed by atoms with Gasteiger partial charge in [-0.1, -0.05) is 6.07 Å². The molecule has 94 valence electrons. The van der Waals surface area contributed by atoms with Crippen LogP contribution in [-0.4, -0.2) is 41.9 Å². The van der Waals surface area contributed by atoms with Gasteiger partial charge in [-0.05, 0) is 31.9 Å². The van der Waals surface area contributed by atoms with Crippen LogP contribution in [0.5, 0.6) is 0 Å². The van der Waals surface area contributed by atoms with Crippen LogP contribution in [0, 0.1) is 0 Å². The molecule has 0 spiro atoms. The van der Waals surface area contributed by atoms with Gasteiger partial charge in [-0.2, -0.15) is 0 Å². The third-order valence-electron chi connectivity index (χ3n) is 3.26. The Hall–Kier alpha value is -1.13. The molecule has 1 aliphatic heterocycles. The van der Waals surface area contributed by atoms with Crippen molar-refractivity contribution >= 4 is 5.82 Å². The van der Waals surface area contributed by atoms with Crippen LogP contribution in [0.25, 0.3) is 0 Å². The normalized spacial score (nSPS) is 19.3. The molecule has 1 fully saturated rings. The van der Waals surface area contributed by atoms with Gasteiger partial charge in [0, 0.05) is 31.4 Å². The highest BCUT2D eigenvalue weighted by Crippen LogP contribution is 2.17. The molecular formula is C13H21N3O. The Bertz CT molecular complexity index is 323. The van der Waals surface area contributed by atoms with Crippen molar-refractivity contribution < 1.29 is 5.11 Å². The van der Waals surface area contributed by atoms with Crippen molar-refractivity contribution in [3.05, 3.63) is 24.4 Å². The van der Waals surface area contributed by atoms with Gasteiger partial charge >= 0.3 is 0 Å². The molecule has 0 bridgehead atoms. The van der Waals surface area contributed by atoms with E-state index in [1.165, 1.54) is 0 Å². The molecule has 0 unspecified atom stereocenters. The molecule has 4 heteroatoms. The molecule has 1 atom stereocenters. The first kappa shape index (κ1) is 12.3. The lowest BCUT2D eigenvalue weighted by Gasteiger charge is -2.34. The van der Waals surface area contributed by atoms with E-state index >= 15 is 0 Å². The number of nitrogens with zero attached hydrogens (tertiary/aromatic N) is 2. The Morgan fingerprint density at radius 2 is 2.24 bits per heavy atom. The highest BCUT2D eigenvalue weighted by molar-refractivity contribution is 5.38. The van der Waals surface area contributed by atoms with Crippen LogP contribution in [-0.2, 0) is 0 Å². The number of aromatic nitrogens is 1. The fourth-order valence-corrected chi connectivity index (χ4v) is 2.27. The maximum Gasteiger partial charge on any atom is 0.128 e. The Labute approximate surface area is 103 Å². The average molecular weight is 235 g/mol. The molecule has 0 saturated carbocycles. The molecule has 1 aromatic rings. The van der Waals surface area contributed by atoms with E-state index in [2.05, 4.69) is 21.3 Å². The van der Waals surface area contributed by atoms with Crippen molar-refractivity contribution in [1.82, 2.24) is 10.3 Å². The van der Waals surface area contributed by atoms with Crippen molar-refractivity contribution in [3.8, 4) is 0 Å². The van der Waals surface area contributed by atoms with Gasteiger partial charge in [-0.15, -0.1) is 0 Å². The van der Waals surface area contributed by atoms with Gasteiger partial charge in [0.15, 0.2) is 0 Å². The molecule has 2 heterocycles. The maximum atomic E-state index is 9.01. The lowest BCUT2D eigenvalue weighted by molar-refractivity contribution is 0.233. The molecule has 1 aromatic heterocycles. The van der Waals surface area contributed by atoms with Crippen molar-refractivity contribution in [2.24, 2.45) is 0 Å². The summed E-state index contributed by atoms with van der Waals surface area (Å²) < 4.78 is 0. The van der Waals surface area contributed by atoms with Crippen LogP contribution in [0.4, 0.5) is 5.82 Å². The molecule has 0 amide bonds. The number of hydrogen-bond donors (Lipinski definition) is 2. The molecule has 0 aromatic carbocycles. The summed E-state index contributed by atoms with van der Waals surface area (Å²) in [5.41, 5.74) is 0. The highest BCUT2D eigenvalue weighted by atomic mass is 16.3. The summed E-state index contributed by atoms with van der Waals surface area (Å²) in [6.45, 7) is 4.30. The van der Waals surface area contributed by atoms with Crippen molar-refractivity contribution in [2.45, 2.75) is 31.8 Å². The third kappa shape index (κ3) is 3.41. The van der Waals surface area contributed by atoms with E-state index in [0.29, 0.717) is 6.04 Å². The summed E-state index contributed by atoms with van der Waals surface area (Å²) in [4.78, 5) is 6.69. The van der Waals surface area contributed by atoms with Gasteiger partial charge in [0.2, 0.25) is 0 Å². The van der Waals surface area contributed by atoms with Crippen LogP contribution in [0.3, 0.4) is 0 Å². The number of aliphatic hydroxyl groups is 1. The van der Waals surface area contributed by atoms with Crippen molar-refractivity contribution in [1.29, 1.82) is 0 Å². The maximum absolute atomic E-state index is 9.01. The van der Waals surface area contributed by atoms with Gasteiger partial charge in [0.1, 0.15) is 5.82 Å². The number of nitrogens with one attached hydrogen (secondary N) is 1. The number of hydrogen-bond acceptors (Lipinski definition) is 4. The average Bonchev–Trinajstić information content (AvgIpc) is 2.40. The van der Waals surface area contributed by atoms with E-state index in [0.717, 1.165) is 31.7 Å². The Morgan fingerprint density at radius 3 is 2.82 bits per heavy atom. The topological polar surface area (TPSA) is 48.4 Å². The number of piperidine rings is 1. The Morgan fingerprint density at radius 1 is 1.47 bits per heavy atom. The predicted molar refractivity (Wildman–Crippen MR) is 69.2 cm³/mol. The SMILES string of the molecule is C[C@@H](CO)NC1CCN(c2ccccn2)CC1. The summed E-state index contributed by atoms with van der Waals surface area (Å²) >= 11 is 0. The number of pyridine rings is 1. The summed E-state index contributed by atoms with van der Waals surface area (Å²) in [5, 5.41) is 12.5. The predicted octanol–water partition coefficient (Wildman–Crippen LogP) is 1.02. The zero-order valence-electron chi connectivity index (χ0n) is 10.3. The fourth-order valence-electron chi connectivity index (χ4n) is 2.27. The minimum Gasteiger partial charge on any atom is -0.395 e. The Balaban J connectivity index is 1.82. The second-order valence-electron chi connectivity index (χ2n) is 4.70. The van der Waals surface area contributed by atoms with E-state index in [9.17, 15) is 0 Å². The van der Waals surface area contributed by atoms with Gasteiger partial charge in [-0.25, -0.2) is 4.98 Å². The van der Waals surface area contributed by atoms with E-state index in [-0.39, 0.29) is 12.6 Å². The Kier molecular flexibility index (Phi) is 4.34. The minimum absolute atomic E-state index is 0.196. The van der Waals surface area contributed by atoms with E-state index < -0.39 is 0 Å². The molecule has 0 aliphatic carbocycles. The first-order valence-corrected chi connectivity index (χ1v) is 6.32. The summed E-state index contributed by atoms with van der Waals surface area (Å²) in [7, 11) is 0. The molecule has 17 heavy (non-hydrogen) atoms. The van der Waals surface area contributed by atoms with Crippen LogP contribution < -0.4 is 10.2 Å². The minimum atomic E-state index is 0.196. The summed E-state index contributed by atoms with van der Waals surface area (Å²) in [5.74, 6) is 1.07. The zero-order valence-corrected chi connectivity index (χ0v) is 10.3. The number of rotatable bonds is 4. The second-order valence-corrected chi connectivity index (χ2v) is 4.70. The summed E-state index contributed by atoms with van der Waals surface area (Å²) in [6, 6.07) is 6.75. The largest absolute Gasteiger partial charge is 0.395 e. The van der Waals surface area contributed by atoms with Gasteiger partial charge in [-0.3, -0.25) is 0 Å². The highest BCUT2D eigenvalue weighted by Gasteiger charge is 2.20. The van der Waals surface area contributed by atoms with Gasteiger partial charge in [0.25, 0.3) is 0 Å². The lowest BCUT2D eigenvalue weighted by atomic mass is 10.0. The van der Waals surface area contributed by atoms with E-state index in [1.807, 2.05) is 25.3 Å². The molecular weight excluding hydrogens is 214 g/mol. The standard InChI is InChI=1S/C13H21N3O/c1-11(10-17)15-12-5-8-16(9-6-12)13-4-2-3-7-14-13/h2-4,7,11-12,15,17H,5-6,8-10H2,1H3/t11-/m0/s1. The number of anilines is 1. The van der Waals surface area contributed by atoms with Crippen LogP contribution in [0.15, 0.2) is 24.4 Å². The smallest absolute Gasteiger partial charge is 0.128 e. The van der Waals surface area contributed by atoms with Crippen LogP contribution in [0.2, 0.25) is 0 Å². The van der Waals surface area contributed by atoms with Crippen molar-refractivity contribution in [2.75, 3.05) is 24.6 Å². The van der Waals surface area contributed by atoms with Crippen molar-refractivity contribution in [3.63, 3.8) is 0 Å². The molecule has 2 N–H and O–H groups in total. The van der Waals surface area contributed by atoms with E-state index in [4.69, 9.17) is 5.11 Å². The van der Waals surface area contributed by atoms with Crippen LogP contribution >= 0.6 is 0 Å². The quantitative estimate of drug-likeness (QED) is 0.818. The first-order chi connectivity index (χ1) is 8.29. The first-order valence-electron chi connectivity index (χ1n) is 6.32. The number of aliphatic hydroxyl groups excluding tert-OH is 1. The fraction of sp³-hybridized carbons (Fsp3) is 0.615. The third-order valence-corrected chi connectivity index (χ3v) is 3.26. The monoisotopic (exact) mass is 235 g/mol. The zero-order chi connectivity index (χ0) is 12.1. The lowest BCUT2D eigenvalue weighted by Crippen LogP contribution is -2.46. The molecule has 4 nitrogen and oxygen atoms in total. The molecule has 1 saturated heterocycles. The summed E-state index contributed by atoms with van der Waals surface area (Å²) in [6.07, 6.45) is 4.06. The van der Waals surface area contributed by atoms with E-state index in [1.54, 1.807) is 0 Å². The van der Waals surface area contributed by atoms with Crippen LogP contribution in [0.1, 0.15) is 19.8 Å². The second kappa shape index (κ2) is 5.98. The molecule has 2 rings (SSSR count). The van der Waals surface area contributed by atoms with Gasteiger partial charge in [0.05, 0.1) is 6.61 Å².